The highest BCUT2D eigenvalue weighted by atomic mass is 14.3. The number of hydrogen-bond donors (Lipinski definition) is 0. The molecule has 0 amide bonds. The fourth-order valence-corrected chi connectivity index (χ4v) is 7.14. The van der Waals surface area contributed by atoms with E-state index in [9.17, 15) is 0 Å². The van der Waals surface area contributed by atoms with Gasteiger partial charge in [0.05, 0.1) is 0 Å². The Kier molecular flexibility index (Phi) is 10.2. The molecule has 0 N–H and O–H groups in total. The molecule has 0 heterocycles. The van der Waals surface area contributed by atoms with Gasteiger partial charge >= 0.3 is 0 Å². The second-order valence-corrected chi connectivity index (χ2v) is 11.4. The molecule has 0 unspecified atom stereocenters. The Morgan fingerprint density at radius 3 is 0.893 bits per heavy atom. The molecule has 0 saturated heterocycles. The molecule has 0 nitrogen and oxygen atoms in total. The summed E-state index contributed by atoms with van der Waals surface area (Å²) in [5, 5.41) is 0. The molecule has 0 bridgehead atoms. The van der Waals surface area contributed by atoms with Crippen molar-refractivity contribution in [3.8, 4) is 0 Å². The van der Waals surface area contributed by atoms with Crippen LogP contribution in [0.4, 0.5) is 0 Å². The summed E-state index contributed by atoms with van der Waals surface area (Å²) in [6.45, 7) is 4.70. The third kappa shape index (κ3) is 7.68. The van der Waals surface area contributed by atoms with Crippen LogP contribution in [0.5, 0.6) is 0 Å². The molecule has 28 heavy (non-hydrogen) atoms. The van der Waals surface area contributed by atoms with Crippen molar-refractivity contribution >= 4 is 0 Å². The van der Waals surface area contributed by atoms with E-state index in [4.69, 9.17) is 0 Å². The van der Waals surface area contributed by atoms with Gasteiger partial charge in [-0.25, -0.2) is 0 Å². The molecule has 0 heteroatoms. The molecule has 0 spiro atoms. The molecule has 3 fully saturated rings. The predicted octanol–water partition coefficient (Wildman–Crippen LogP) is 9.57. The normalized spacial score (nSPS) is 37.1. The Balaban J connectivity index is 1.25. The van der Waals surface area contributed by atoms with E-state index in [1.807, 2.05) is 0 Å². The molecular formula is C28H52. The van der Waals surface area contributed by atoms with Crippen LogP contribution in [0, 0.1) is 35.5 Å². The third-order valence-electron chi connectivity index (χ3n) is 9.16. The molecule has 164 valence electrons. The van der Waals surface area contributed by atoms with Crippen LogP contribution in [0.15, 0.2) is 0 Å². The molecule has 0 aromatic carbocycles. The predicted molar refractivity (Wildman–Crippen MR) is 125 cm³/mol. The van der Waals surface area contributed by atoms with Gasteiger partial charge in [-0.15, -0.1) is 0 Å². The molecule has 0 aromatic heterocycles. The topological polar surface area (TPSA) is 0 Å². The summed E-state index contributed by atoms with van der Waals surface area (Å²) in [5.41, 5.74) is 0. The zero-order chi connectivity index (χ0) is 19.6. The first-order valence-corrected chi connectivity index (χ1v) is 13.8. The Morgan fingerprint density at radius 2 is 0.643 bits per heavy atom. The quantitative estimate of drug-likeness (QED) is 0.349. The molecule has 3 saturated carbocycles. The summed E-state index contributed by atoms with van der Waals surface area (Å²) in [6, 6.07) is 0. The molecule has 0 atom stereocenters. The van der Waals surface area contributed by atoms with Crippen LogP contribution < -0.4 is 0 Å². The Hall–Kier alpha value is 0. The van der Waals surface area contributed by atoms with Gasteiger partial charge in [0.2, 0.25) is 0 Å². The fourth-order valence-electron chi connectivity index (χ4n) is 7.14. The van der Waals surface area contributed by atoms with Crippen molar-refractivity contribution in [1.82, 2.24) is 0 Å². The highest BCUT2D eigenvalue weighted by Gasteiger charge is 2.29. The van der Waals surface area contributed by atoms with Crippen LogP contribution in [0.1, 0.15) is 142 Å². The van der Waals surface area contributed by atoms with Crippen molar-refractivity contribution < 1.29 is 0 Å². The van der Waals surface area contributed by atoms with E-state index in [2.05, 4.69) is 13.8 Å². The minimum Gasteiger partial charge on any atom is -0.0654 e. The van der Waals surface area contributed by atoms with Crippen molar-refractivity contribution in [3.05, 3.63) is 0 Å². The van der Waals surface area contributed by atoms with Crippen molar-refractivity contribution in [2.24, 2.45) is 35.5 Å². The molecule has 3 aliphatic rings. The third-order valence-corrected chi connectivity index (χ3v) is 9.16. The largest absolute Gasteiger partial charge is 0.0654 e. The lowest BCUT2D eigenvalue weighted by atomic mass is 9.70. The second-order valence-electron chi connectivity index (χ2n) is 11.4. The van der Waals surface area contributed by atoms with Gasteiger partial charge in [-0.1, -0.05) is 129 Å². The average Bonchev–Trinajstić information content (AvgIpc) is 2.74. The summed E-state index contributed by atoms with van der Waals surface area (Å²) in [7, 11) is 0. The van der Waals surface area contributed by atoms with E-state index >= 15 is 0 Å². The molecule has 0 aromatic rings. The first kappa shape index (κ1) is 22.7. The van der Waals surface area contributed by atoms with Crippen molar-refractivity contribution in [3.63, 3.8) is 0 Å². The summed E-state index contributed by atoms with van der Waals surface area (Å²) >= 11 is 0. The molecule has 3 rings (SSSR count). The van der Waals surface area contributed by atoms with Crippen molar-refractivity contribution in [2.45, 2.75) is 142 Å². The molecule has 0 aliphatic heterocycles. The van der Waals surface area contributed by atoms with Gasteiger partial charge in [0.15, 0.2) is 0 Å². The molecule has 3 aliphatic carbocycles. The van der Waals surface area contributed by atoms with Crippen LogP contribution >= 0.6 is 0 Å². The number of unbranched alkanes of at least 4 members (excludes halogenated alkanes) is 2. The lowest BCUT2D eigenvalue weighted by Crippen LogP contribution is -2.23. The van der Waals surface area contributed by atoms with Gasteiger partial charge in [0.1, 0.15) is 0 Å². The SMILES string of the molecule is CCCCC1CCC(CC2CCC(CC3CCC(CCCC)CC3)CC2)CC1. The zero-order valence-electron chi connectivity index (χ0n) is 19.6. The highest BCUT2D eigenvalue weighted by Crippen LogP contribution is 2.42. The summed E-state index contributed by atoms with van der Waals surface area (Å²) in [6.07, 6.45) is 30.7. The average molecular weight is 389 g/mol. The lowest BCUT2D eigenvalue weighted by molar-refractivity contribution is 0.161. The zero-order valence-corrected chi connectivity index (χ0v) is 19.6. The summed E-state index contributed by atoms with van der Waals surface area (Å²) in [4.78, 5) is 0. The maximum absolute atomic E-state index is 2.35. The Labute approximate surface area is 178 Å². The first-order valence-electron chi connectivity index (χ1n) is 13.8. The van der Waals surface area contributed by atoms with Crippen LogP contribution in [0.3, 0.4) is 0 Å². The molecule has 0 radical (unpaired) electrons. The number of hydrogen-bond acceptors (Lipinski definition) is 0. The van der Waals surface area contributed by atoms with Crippen LogP contribution in [-0.2, 0) is 0 Å². The van der Waals surface area contributed by atoms with Gasteiger partial charge in [-0.3, -0.25) is 0 Å². The maximum atomic E-state index is 2.35. The van der Waals surface area contributed by atoms with E-state index in [1.165, 1.54) is 38.5 Å². The van der Waals surface area contributed by atoms with E-state index in [1.54, 1.807) is 89.9 Å². The van der Waals surface area contributed by atoms with E-state index in [0.29, 0.717) is 0 Å². The Morgan fingerprint density at radius 1 is 0.393 bits per heavy atom. The first-order chi connectivity index (χ1) is 13.8. The summed E-state index contributed by atoms with van der Waals surface area (Å²) in [5.74, 6) is 6.56. The van der Waals surface area contributed by atoms with Gasteiger partial charge in [0.25, 0.3) is 0 Å². The fraction of sp³-hybridized carbons (Fsp3) is 1.00. The van der Waals surface area contributed by atoms with Crippen LogP contribution in [0.25, 0.3) is 0 Å². The van der Waals surface area contributed by atoms with Crippen molar-refractivity contribution in [1.29, 1.82) is 0 Å². The van der Waals surface area contributed by atoms with Crippen molar-refractivity contribution in [2.75, 3.05) is 0 Å². The van der Waals surface area contributed by atoms with Crippen LogP contribution in [0.2, 0.25) is 0 Å². The minimum atomic E-state index is 1.09. The maximum Gasteiger partial charge on any atom is -0.0411 e. The van der Waals surface area contributed by atoms with Crippen LogP contribution in [-0.4, -0.2) is 0 Å². The second kappa shape index (κ2) is 12.6. The highest BCUT2D eigenvalue weighted by molar-refractivity contribution is 4.81. The van der Waals surface area contributed by atoms with Gasteiger partial charge in [-0.2, -0.15) is 0 Å². The standard InChI is InChI=1S/C28H52/c1-3-5-7-23-9-13-25(14-10-23)21-27-17-19-28(20-18-27)22-26-15-11-24(12-16-26)8-6-4-2/h23-28H,3-22H2,1-2H3. The van der Waals surface area contributed by atoms with E-state index in [-0.39, 0.29) is 0 Å². The van der Waals surface area contributed by atoms with E-state index < -0.39 is 0 Å². The van der Waals surface area contributed by atoms with E-state index in [0.717, 1.165) is 35.5 Å². The monoisotopic (exact) mass is 388 g/mol. The van der Waals surface area contributed by atoms with Gasteiger partial charge in [0, 0.05) is 0 Å². The Bertz CT molecular complexity index is 337. The molecular weight excluding hydrogens is 336 g/mol. The lowest BCUT2D eigenvalue weighted by Gasteiger charge is -2.36. The van der Waals surface area contributed by atoms with Gasteiger partial charge < -0.3 is 0 Å². The van der Waals surface area contributed by atoms with Gasteiger partial charge in [-0.05, 0) is 48.3 Å². The minimum absolute atomic E-state index is 1.09. The number of rotatable bonds is 10. The summed E-state index contributed by atoms with van der Waals surface area (Å²) < 4.78 is 0. The smallest absolute Gasteiger partial charge is 0.0411 e.